The van der Waals surface area contributed by atoms with Crippen molar-refractivity contribution in [3.05, 3.63) is 52.2 Å². The second kappa shape index (κ2) is 4.97. The van der Waals surface area contributed by atoms with Crippen LogP contribution in [0.3, 0.4) is 0 Å². The number of nitrogens with one attached hydrogen (secondary N) is 1. The standard InChI is InChI=1S/C15H14N2OS/c1-2-10-3-4-15-11(5-10)6-13(19-15)7-12-8-16-17-14(12)9-18/h3-6,8-9H,2,7H2,1H3,(H,16,17). The quantitative estimate of drug-likeness (QED) is 0.736. The minimum atomic E-state index is 0.576. The largest absolute Gasteiger partial charge is 0.296 e. The van der Waals surface area contributed by atoms with Crippen LogP contribution < -0.4 is 0 Å². The van der Waals surface area contributed by atoms with E-state index in [9.17, 15) is 4.79 Å². The molecular formula is C15H14N2OS. The Bertz CT molecular complexity index is 727. The molecule has 96 valence electrons. The zero-order chi connectivity index (χ0) is 13.2. The summed E-state index contributed by atoms with van der Waals surface area (Å²) in [6, 6.07) is 8.81. The van der Waals surface area contributed by atoms with E-state index in [-0.39, 0.29) is 0 Å². The van der Waals surface area contributed by atoms with Gasteiger partial charge in [-0.25, -0.2) is 0 Å². The molecular weight excluding hydrogens is 256 g/mol. The number of fused-ring (bicyclic) bond motifs is 1. The van der Waals surface area contributed by atoms with Gasteiger partial charge in [-0.15, -0.1) is 11.3 Å². The zero-order valence-electron chi connectivity index (χ0n) is 10.6. The topological polar surface area (TPSA) is 45.8 Å². The van der Waals surface area contributed by atoms with Crippen molar-refractivity contribution in [2.45, 2.75) is 19.8 Å². The molecule has 0 aliphatic rings. The number of aromatic amines is 1. The van der Waals surface area contributed by atoms with E-state index in [4.69, 9.17) is 0 Å². The maximum atomic E-state index is 10.9. The first-order valence-corrected chi connectivity index (χ1v) is 7.10. The lowest BCUT2D eigenvalue weighted by Crippen LogP contribution is -1.89. The lowest BCUT2D eigenvalue weighted by Gasteiger charge is -1.94. The number of carbonyl (C=O) groups is 1. The van der Waals surface area contributed by atoms with Crippen LogP contribution in [0.15, 0.2) is 30.5 Å². The fraction of sp³-hybridized carbons (Fsp3) is 0.200. The van der Waals surface area contributed by atoms with Crippen molar-refractivity contribution in [1.29, 1.82) is 0 Å². The summed E-state index contributed by atoms with van der Waals surface area (Å²) in [5.74, 6) is 0. The number of benzene rings is 1. The normalized spacial score (nSPS) is 11.0. The van der Waals surface area contributed by atoms with E-state index in [1.54, 1.807) is 17.5 Å². The van der Waals surface area contributed by atoms with Crippen molar-refractivity contribution >= 4 is 27.7 Å². The van der Waals surface area contributed by atoms with Crippen molar-refractivity contribution in [3.63, 3.8) is 0 Å². The highest BCUT2D eigenvalue weighted by Crippen LogP contribution is 2.28. The number of aromatic nitrogens is 2. The third-order valence-electron chi connectivity index (χ3n) is 3.27. The molecule has 0 unspecified atom stereocenters. The predicted octanol–water partition coefficient (Wildman–Crippen LogP) is 3.59. The summed E-state index contributed by atoms with van der Waals surface area (Å²) >= 11 is 1.78. The van der Waals surface area contributed by atoms with Gasteiger partial charge in [-0.2, -0.15) is 5.10 Å². The van der Waals surface area contributed by atoms with Gasteiger partial charge in [0.1, 0.15) is 5.69 Å². The van der Waals surface area contributed by atoms with E-state index in [1.165, 1.54) is 20.5 Å². The van der Waals surface area contributed by atoms with Crippen LogP contribution >= 0.6 is 11.3 Å². The average Bonchev–Trinajstić information content (AvgIpc) is 3.03. The third kappa shape index (κ3) is 2.31. The van der Waals surface area contributed by atoms with Crippen LogP contribution in [0.25, 0.3) is 10.1 Å². The number of rotatable bonds is 4. The molecule has 4 heteroatoms. The molecule has 1 aromatic carbocycles. The first-order valence-electron chi connectivity index (χ1n) is 6.29. The monoisotopic (exact) mass is 270 g/mol. The summed E-state index contributed by atoms with van der Waals surface area (Å²) in [5.41, 5.74) is 2.89. The average molecular weight is 270 g/mol. The molecule has 0 atom stereocenters. The van der Waals surface area contributed by atoms with Crippen molar-refractivity contribution in [1.82, 2.24) is 10.2 Å². The Morgan fingerprint density at radius 2 is 2.26 bits per heavy atom. The molecule has 3 aromatic rings. The Morgan fingerprint density at radius 3 is 3.05 bits per heavy atom. The van der Waals surface area contributed by atoms with Crippen LogP contribution in [0.2, 0.25) is 0 Å². The highest BCUT2D eigenvalue weighted by atomic mass is 32.1. The van der Waals surface area contributed by atoms with Gasteiger partial charge in [-0.05, 0) is 29.5 Å². The number of thiophene rings is 1. The number of aryl methyl sites for hydroxylation is 1. The van der Waals surface area contributed by atoms with Gasteiger partial charge in [0.15, 0.2) is 6.29 Å². The molecule has 3 nitrogen and oxygen atoms in total. The Labute approximate surface area is 115 Å². The third-order valence-corrected chi connectivity index (χ3v) is 4.39. The van der Waals surface area contributed by atoms with E-state index in [1.807, 2.05) is 0 Å². The van der Waals surface area contributed by atoms with Crippen LogP contribution in [0.4, 0.5) is 0 Å². The Kier molecular flexibility index (Phi) is 3.17. The van der Waals surface area contributed by atoms with E-state index in [2.05, 4.69) is 41.4 Å². The number of carbonyl (C=O) groups excluding carboxylic acids is 1. The molecule has 0 saturated heterocycles. The van der Waals surface area contributed by atoms with Gasteiger partial charge in [0, 0.05) is 21.6 Å². The smallest absolute Gasteiger partial charge is 0.168 e. The second-order valence-electron chi connectivity index (χ2n) is 4.54. The summed E-state index contributed by atoms with van der Waals surface area (Å²) in [7, 11) is 0. The first-order chi connectivity index (χ1) is 9.30. The summed E-state index contributed by atoms with van der Waals surface area (Å²) < 4.78 is 1.29. The van der Waals surface area contributed by atoms with E-state index >= 15 is 0 Å². The molecule has 0 aliphatic carbocycles. The van der Waals surface area contributed by atoms with Crippen LogP contribution in [0.1, 0.15) is 33.4 Å². The molecule has 3 rings (SSSR count). The molecule has 0 amide bonds. The Hall–Kier alpha value is -1.94. The molecule has 0 fully saturated rings. The lowest BCUT2D eigenvalue weighted by molar-refractivity contribution is 0.111. The van der Waals surface area contributed by atoms with Crippen molar-refractivity contribution in [2.75, 3.05) is 0 Å². The van der Waals surface area contributed by atoms with Gasteiger partial charge < -0.3 is 0 Å². The lowest BCUT2D eigenvalue weighted by atomic mass is 10.1. The minimum Gasteiger partial charge on any atom is -0.296 e. The van der Waals surface area contributed by atoms with E-state index in [0.717, 1.165) is 24.7 Å². The molecule has 0 radical (unpaired) electrons. The first kappa shape index (κ1) is 12.1. The number of H-pyrrole nitrogens is 1. The molecule has 0 bridgehead atoms. The molecule has 2 heterocycles. The van der Waals surface area contributed by atoms with Crippen molar-refractivity contribution in [3.8, 4) is 0 Å². The van der Waals surface area contributed by atoms with Crippen LogP contribution in [0.5, 0.6) is 0 Å². The highest BCUT2D eigenvalue weighted by molar-refractivity contribution is 7.19. The second-order valence-corrected chi connectivity index (χ2v) is 5.71. The van der Waals surface area contributed by atoms with Gasteiger partial charge in [0.25, 0.3) is 0 Å². The summed E-state index contributed by atoms with van der Waals surface area (Å²) in [6.45, 7) is 2.16. The van der Waals surface area contributed by atoms with Gasteiger partial charge in [0.05, 0.1) is 6.20 Å². The highest BCUT2D eigenvalue weighted by Gasteiger charge is 2.08. The van der Waals surface area contributed by atoms with Crippen LogP contribution in [-0.2, 0) is 12.8 Å². The van der Waals surface area contributed by atoms with Gasteiger partial charge in [-0.3, -0.25) is 9.89 Å². The summed E-state index contributed by atoms with van der Waals surface area (Å²) in [5, 5.41) is 7.92. The number of nitrogens with zero attached hydrogens (tertiary/aromatic N) is 1. The van der Waals surface area contributed by atoms with Crippen LogP contribution in [0, 0.1) is 0 Å². The summed E-state index contributed by atoms with van der Waals surface area (Å²) in [6.07, 6.45) is 4.36. The predicted molar refractivity (Wildman–Crippen MR) is 78.0 cm³/mol. The minimum absolute atomic E-state index is 0.576. The fourth-order valence-electron chi connectivity index (χ4n) is 2.21. The van der Waals surface area contributed by atoms with Gasteiger partial charge >= 0.3 is 0 Å². The maximum Gasteiger partial charge on any atom is 0.168 e. The van der Waals surface area contributed by atoms with Crippen molar-refractivity contribution < 1.29 is 4.79 Å². The van der Waals surface area contributed by atoms with Crippen molar-refractivity contribution in [2.24, 2.45) is 0 Å². The molecule has 19 heavy (non-hydrogen) atoms. The number of hydrogen-bond acceptors (Lipinski definition) is 3. The SMILES string of the molecule is CCc1ccc2sc(Cc3cn[nH]c3C=O)cc2c1. The zero-order valence-corrected chi connectivity index (χ0v) is 11.5. The number of hydrogen-bond donors (Lipinski definition) is 1. The molecule has 0 spiro atoms. The van der Waals surface area contributed by atoms with E-state index < -0.39 is 0 Å². The molecule has 1 N–H and O–H groups in total. The number of aldehydes is 1. The fourth-order valence-corrected chi connectivity index (χ4v) is 3.27. The van der Waals surface area contributed by atoms with Gasteiger partial charge in [-0.1, -0.05) is 19.1 Å². The molecule has 2 aromatic heterocycles. The Balaban J connectivity index is 1.95. The van der Waals surface area contributed by atoms with Crippen LogP contribution in [-0.4, -0.2) is 16.5 Å². The molecule has 0 saturated carbocycles. The van der Waals surface area contributed by atoms with Gasteiger partial charge in [0.2, 0.25) is 0 Å². The maximum absolute atomic E-state index is 10.9. The summed E-state index contributed by atoms with van der Waals surface area (Å²) in [4.78, 5) is 12.1. The Morgan fingerprint density at radius 1 is 1.37 bits per heavy atom. The van der Waals surface area contributed by atoms with E-state index in [0.29, 0.717) is 5.69 Å². The molecule has 0 aliphatic heterocycles.